The SMILES string of the molecule is COc1cc2c(cc1OC)C(c1ccc(N)cc1)=NN(c1nc(C)c(C)s1)[C@H](C)C2. The first kappa shape index (κ1) is 20.2. The molecule has 30 heavy (non-hydrogen) atoms. The van der Waals surface area contributed by atoms with Gasteiger partial charge in [-0.05, 0) is 57.0 Å². The van der Waals surface area contributed by atoms with E-state index < -0.39 is 0 Å². The molecular weight excluding hydrogens is 396 g/mol. The summed E-state index contributed by atoms with van der Waals surface area (Å²) in [4.78, 5) is 5.97. The van der Waals surface area contributed by atoms with Crippen molar-refractivity contribution in [1.82, 2.24) is 4.98 Å². The molecule has 2 heterocycles. The van der Waals surface area contributed by atoms with Crippen molar-refractivity contribution in [2.24, 2.45) is 5.10 Å². The van der Waals surface area contributed by atoms with Crippen molar-refractivity contribution < 1.29 is 9.47 Å². The number of hydrazone groups is 1. The maximum absolute atomic E-state index is 5.93. The van der Waals surface area contributed by atoms with Gasteiger partial charge in [-0.1, -0.05) is 12.1 Å². The van der Waals surface area contributed by atoms with Gasteiger partial charge in [-0.15, -0.1) is 11.3 Å². The Morgan fingerprint density at radius 2 is 1.73 bits per heavy atom. The van der Waals surface area contributed by atoms with Crippen LogP contribution in [0.1, 0.15) is 34.2 Å². The first-order valence-electron chi connectivity index (χ1n) is 9.84. The van der Waals surface area contributed by atoms with Crippen LogP contribution in [-0.4, -0.2) is 31.0 Å². The summed E-state index contributed by atoms with van der Waals surface area (Å²) < 4.78 is 11.1. The van der Waals surface area contributed by atoms with Crippen LogP contribution in [0.2, 0.25) is 0 Å². The van der Waals surface area contributed by atoms with Crippen molar-refractivity contribution in [3.63, 3.8) is 0 Å². The summed E-state index contributed by atoms with van der Waals surface area (Å²) in [7, 11) is 3.31. The molecule has 3 aromatic rings. The van der Waals surface area contributed by atoms with Crippen LogP contribution in [-0.2, 0) is 6.42 Å². The molecule has 0 saturated heterocycles. The van der Waals surface area contributed by atoms with E-state index in [4.69, 9.17) is 25.3 Å². The standard InChI is InChI=1S/C23H26N4O2S/c1-13-10-17-11-20(28-4)21(29-5)12-19(17)22(16-6-8-18(24)9-7-16)26-27(13)23-25-14(2)15(3)30-23/h6-9,11-13H,10,24H2,1-5H3/t13-/m1/s1. The van der Waals surface area contributed by atoms with Crippen molar-refractivity contribution in [1.29, 1.82) is 0 Å². The Balaban J connectivity index is 1.94. The molecule has 0 bridgehead atoms. The Kier molecular flexibility index (Phi) is 5.39. The number of aryl methyl sites for hydroxylation is 2. The average molecular weight is 423 g/mol. The fourth-order valence-corrected chi connectivity index (χ4v) is 4.58. The molecule has 1 aliphatic rings. The van der Waals surface area contributed by atoms with Gasteiger partial charge in [0.05, 0.1) is 31.7 Å². The average Bonchev–Trinajstić information content (AvgIpc) is 2.99. The number of fused-ring (bicyclic) bond motifs is 1. The zero-order chi connectivity index (χ0) is 21.4. The molecule has 2 N–H and O–H groups in total. The zero-order valence-electron chi connectivity index (χ0n) is 17.9. The first-order valence-corrected chi connectivity index (χ1v) is 10.7. The van der Waals surface area contributed by atoms with Gasteiger partial charge in [-0.2, -0.15) is 5.10 Å². The number of ether oxygens (including phenoxy) is 2. The lowest BCUT2D eigenvalue weighted by molar-refractivity contribution is 0.354. The second-order valence-electron chi connectivity index (χ2n) is 7.47. The highest BCUT2D eigenvalue weighted by molar-refractivity contribution is 7.15. The van der Waals surface area contributed by atoms with Gasteiger partial charge in [0.2, 0.25) is 5.13 Å². The number of hydrogen-bond acceptors (Lipinski definition) is 7. The molecule has 1 aromatic heterocycles. The molecule has 2 aromatic carbocycles. The summed E-state index contributed by atoms with van der Waals surface area (Å²) in [6.45, 7) is 6.29. The summed E-state index contributed by atoms with van der Waals surface area (Å²) in [5.41, 5.74) is 11.7. The molecule has 0 saturated carbocycles. The van der Waals surface area contributed by atoms with Crippen molar-refractivity contribution in [3.05, 3.63) is 63.7 Å². The monoisotopic (exact) mass is 422 g/mol. The maximum Gasteiger partial charge on any atom is 0.206 e. The number of nitrogens with two attached hydrogens (primary N) is 1. The van der Waals surface area contributed by atoms with Gasteiger partial charge < -0.3 is 15.2 Å². The van der Waals surface area contributed by atoms with Crippen LogP contribution in [0.15, 0.2) is 41.5 Å². The van der Waals surface area contributed by atoms with Gasteiger partial charge in [0.15, 0.2) is 11.5 Å². The van der Waals surface area contributed by atoms with Crippen molar-refractivity contribution in [2.45, 2.75) is 33.2 Å². The van der Waals surface area contributed by atoms with Crippen LogP contribution in [0.5, 0.6) is 11.5 Å². The summed E-state index contributed by atoms with van der Waals surface area (Å²) in [5.74, 6) is 1.40. The third-order valence-corrected chi connectivity index (χ3v) is 6.46. The number of nitrogens with zero attached hydrogens (tertiary/aromatic N) is 3. The third-order valence-electron chi connectivity index (χ3n) is 5.40. The van der Waals surface area contributed by atoms with Crippen LogP contribution < -0.4 is 20.2 Å². The molecule has 0 radical (unpaired) electrons. The smallest absolute Gasteiger partial charge is 0.206 e. The lowest BCUT2D eigenvalue weighted by Crippen LogP contribution is -2.29. The normalized spacial score (nSPS) is 16.0. The Morgan fingerprint density at radius 1 is 1.07 bits per heavy atom. The number of thiazole rings is 1. The molecule has 4 rings (SSSR count). The Labute approximate surface area is 181 Å². The zero-order valence-corrected chi connectivity index (χ0v) is 18.7. The first-order chi connectivity index (χ1) is 14.4. The molecule has 0 fully saturated rings. The van der Waals surface area contributed by atoms with Crippen molar-refractivity contribution in [2.75, 3.05) is 25.0 Å². The topological polar surface area (TPSA) is 73.0 Å². The highest BCUT2D eigenvalue weighted by atomic mass is 32.1. The Morgan fingerprint density at radius 3 is 2.33 bits per heavy atom. The van der Waals surface area contributed by atoms with Gasteiger partial charge in [0.25, 0.3) is 0 Å². The van der Waals surface area contributed by atoms with Gasteiger partial charge in [-0.3, -0.25) is 0 Å². The van der Waals surface area contributed by atoms with Crippen LogP contribution in [0.4, 0.5) is 10.8 Å². The molecule has 6 nitrogen and oxygen atoms in total. The van der Waals surface area contributed by atoms with Crippen LogP contribution >= 0.6 is 11.3 Å². The van der Waals surface area contributed by atoms with Gasteiger partial charge in [0, 0.05) is 21.7 Å². The van der Waals surface area contributed by atoms with E-state index in [2.05, 4.69) is 19.9 Å². The summed E-state index contributed by atoms with van der Waals surface area (Å²) in [6, 6.07) is 12.0. The van der Waals surface area contributed by atoms with Crippen LogP contribution in [0.25, 0.3) is 0 Å². The van der Waals surface area contributed by atoms with E-state index in [1.165, 1.54) is 4.88 Å². The van der Waals surface area contributed by atoms with Gasteiger partial charge >= 0.3 is 0 Å². The van der Waals surface area contributed by atoms with Crippen molar-refractivity contribution >= 4 is 27.9 Å². The molecule has 156 valence electrons. The molecule has 0 aliphatic carbocycles. The molecule has 1 atom stereocenters. The number of rotatable bonds is 4. The summed E-state index contributed by atoms with van der Waals surface area (Å²) in [5, 5.41) is 8.05. The van der Waals surface area contributed by atoms with Gasteiger partial charge in [-0.25, -0.2) is 9.99 Å². The van der Waals surface area contributed by atoms with E-state index in [1.807, 2.05) is 42.3 Å². The number of methoxy groups -OCH3 is 2. The highest BCUT2D eigenvalue weighted by Gasteiger charge is 2.27. The fourth-order valence-electron chi connectivity index (χ4n) is 3.61. The second kappa shape index (κ2) is 7.99. The van der Waals surface area contributed by atoms with Crippen molar-refractivity contribution in [3.8, 4) is 11.5 Å². The number of aromatic nitrogens is 1. The molecule has 0 unspecified atom stereocenters. The van der Waals surface area contributed by atoms with E-state index >= 15 is 0 Å². The predicted octanol–water partition coefficient (Wildman–Crippen LogP) is 4.56. The molecule has 7 heteroatoms. The molecule has 1 aliphatic heterocycles. The fraction of sp³-hybridized carbons (Fsp3) is 0.304. The van der Waals surface area contributed by atoms with Crippen LogP contribution in [0, 0.1) is 13.8 Å². The predicted molar refractivity (Wildman–Crippen MR) is 123 cm³/mol. The minimum Gasteiger partial charge on any atom is -0.493 e. The van der Waals surface area contributed by atoms with E-state index in [0.29, 0.717) is 5.75 Å². The number of nitrogen functional groups attached to an aromatic ring is 1. The quantitative estimate of drug-likeness (QED) is 0.624. The number of benzene rings is 2. The summed E-state index contributed by atoms with van der Waals surface area (Å²) in [6.07, 6.45) is 0.801. The van der Waals surface area contributed by atoms with E-state index in [9.17, 15) is 0 Å². The van der Waals surface area contributed by atoms with E-state index in [-0.39, 0.29) is 6.04 Å². The summed E-state index contributed by atoms with van der Waals surface area (Å²) >= 11 is 1.67. The van der Waals surface area contributed by atoms with Gasteiger partial charge in [0.1, 0.15) is 0 Å². The molecule has 0 spiro atoms. The number of anilines is 2. The number of hydrogen-bond donors (Lipinski definition) is 1. The maximum atomic E-state index is 5.93. The Hall–Kier alpha value is -3.06. The third kappa shape index (κ3) is 3.61. The van der Waals surface area contributed by atoms with E-state index in [0.717, 1.165) is 51.1 Å². The second-order valence-corrected chi connectivity index (χ2v) is 8.65. The Bertz CT molecular complexity index is 1090. The highest BCUT2D eigenvalue weighted by Crippen LogP contribution is 2.36. The lowest BCUT2D eigenvalue weighted by Gasteiger charge is -2.22. The largest absolute Gasteiger partial charge is 0.493 e. The van der Waals surface area contributed by atoms with Crippen LogP contribution in [0.3, 0.4) is 0 Å². The molecule has 0 amide bonds. The lowest BCUT2D eigenvalue weighted by atomic mass is 9.94. The minimum atomic E-state index is 0.123. The molecular formula is C23H26N4O2S. The minimum absolute atomic E-state index is 0.123. The van der Waals surface area contributed by atoms with E-state index in [1.54, 1.807) is 25.6 Å².